The third-order valence-corrected chi connectivity index (χ3v) is 7.02. The standard InChI is InChI=1S/C32H42N8.Mg.2H/c1-29(2,3)21-16-20-15-18-13-14-19(33-18)17-22-38-39-28(40(22)32(10,11)12)37-27-35-25(26(36-27)31(7,8)9)23(24(21)34-20)30(4,5)6;;;/h13-17,38H,1-12H3;;;/q;+2;2*-1. The summed E-state index contributed by atoms with van der Waals surface area (Å²) in [5.41, 5.74) is 9.73. The molecule has 0 aromatic rings. The van der Waals surface area contributed by atoms with Crippen molar-refractivity contribution in [2.24, 2.45) is 46.3 Å². The number of guanidine groups is 2. The zero-order chi connectivity index (χ0) is 29.4. The zero-order valence-electron chi connectivity index (χ0n) is 28.7. The topological polar surface area (TPSA) is 89.4 Å². The van der Waals surface area contributed by atoms with Gasteiger partial charge in [-0.15, -0.1) is 5.10 Å². The Kier molecular flexibility index (Phi) is 7.66. The van der Waals surface area contributed by atoms with Gasteiger partial charge in [0.1, 0.15) is 5.82 Å². The Morgan fingerprint density at radius 1 is 0.683 bits per heavy atom. The summed E-state index contributed by atoms with van der Waals surface area (Å²) >= 11 is 0. The van der Waals surface area contributed by atoms with Crippen molar-refractivity contribution in [1.82, 2.24) is 10.3 Å². The molecule has 5 heterocycles. The maximum atomic E-state index is 5.24. The zero-order valence-corrected chi connectivity index (χ0v) is 28.1. The number of nitrogens with one attached hydrogen (secondary N) is 1. The minimum atomic E-state index is -0.301. The molecule has 8 bridgehead atoms. The summed E-state index contributed by atoms with van der Waals surface area (Å²) in [6.45, 7) is 26.3. The minimum absolute atomic E-state index is 0. The molecule has 0 radical (unpaired) electrons. The van der Waals surface area contributed by atoms with Gasteiger partial charge < -0.3 is 2.85 Å². The number of hydrogen-bond donors (Lipinski definition) is 1. The molecule has 0 unspecified atom stereocenters. The first-order chi connectivity index (χ1) is 18.3. The van der Waals surface area contributed by atoms with Gasteiger partial charge in [-0.05, 0) is 61.5 Å². The van der Waals surface area contributed by atoms with E-state index in [2.05, 4.69) is 111 Å². The Morgan fingerprint density at radius 2 is 1.37 bits per heavy atom. The van der Waals surface area contributed by atoms with E-state index in [9.17, 15) is 0 Å². The molecule has 41 heavy (non-hydrogen) atoms. The van der Waals surface area contributed by atoms with Crippen molar-refractivity contribution >= 4 is 57.8 Å². The molecule has 0 fully saturated rings. The van der Waals surface area contributed by atoms with Gasteiger partial charge in [0.15, 0.2) is 0 Å². The Labute approximate surface area is 263 Å². The van der Waals surface area contributed by atoms with E-state index >= 15 is 0 Å². The molecule has 214 valence electrons. The Balaban J connectivity index is 0.00000215. The first-order valence-electron chi connectivity index (χ1n) is 14.0. The van der Waals surface area contributed by atoms with E-state index in [1.807, 2.05) is 18.2 Å². The van der Waals surface area contributed by atoms with Crippen molar-refractivity contribution < 1.29 is 2.85 Å². The van der Waals surface area contributed by atoms with Gasteiger partial charge >= 0.3 is 23.1 Å². The summed E-state index contributed by atoms with van der Waals surface area (Å²) in [7, 11) is 0. The van der Waals surface area contributed by atoms with Crippen LogP contribution in [0.4, 0.5) is 0 Å². The smallest absolute Gasteiger partial charge is 1.00 e. The second kappa shape index (κ2) is 10.1. The van der Waals surface area contributed by atoms with Crippen LogP contribution in [0.25, 0.3) is 0 Å². The molecular formula is C32H44MgN8. The Morgan fingerprint density at radius 3 is 1.95 bits per heavy atom. The Bertz CT molecular complexity index is 1530. The second-order valence-electron chi connectivity index (χ2n) is 14.9. The van der Waals surface area contributed by atoms with Crippen LogP contribution in [0.1, 0.15) is 85.9 Å². The summed E-state index contributed by atoms with van der Waals surface area (Å²) in [4.78, 5) is 27.3. The molecular weight excluding hydrogens is 521 g/mol. The molecule has 0 amide bonds. The first-order valence-corrected chi connectivity index (χ1v) is 14.0. The van der Waals surface area contributed by atoms with Crippen molar-refractivity contribution in [2.45, 2.75) is 88.6 Å². The van der Waals surface area contributed by atoms with Crippen LogP contribution in [0.15, 0.2) is 88.8 Å². The molecule has 0 aromatic carbocycles. The molecule has 0 aromatic heterocycles. The quantitative estimate of drug-likeness (QED) is 0.337. The van der Waals surface area contributed by atoms with E-state index in [1.54, 1.807) is 0 Å². The van der Waals surface area contributed by atoms with Gasteiger partial charge in [-0.1, -0.05) is 62.3 Å². The molecule has 0 aliphatic carbocycles. The van der Waals surface area contributed by atoms with Gasteiger partial charge in [-0.3, -0.25) is 10.3 Å². The van der Waals surface area contributed by atoms with Crippen molar-refractivity contribution in [1.29, 1.82) is 0 Å². The van der Waals surface area contributed by atoms with Crippen LogP contribution >= 0.6 is 0 Å². The fourth-order valence-electron chi connectivity index (χ4n) is 5.26. The maximum absolute atomic E-state index is 5.24. The summed E-state index contributed by atoms with van der Waals surface area (Å²) in [6.07, 6.45) is 10.3. The average molecular weight is 565 g/mol. The van der Waals surface area contributed by atoms with Crippen LogP contribution in [0.2, 0.25) is 0 Å². The van der Waals surface area contributed by atoms with E-state index in [1.165, 1.54) is 5.57 Å². The molecule has 0 spiro atoms. The predicted octanol–water partition coefficient (Wildman–Crippen LogP) is 6.58. The van der Waals surface area contributed by atoms with Crippen LogP contribution in [-0.2, 0) is 0 Å². The van der Waals surface area contributed by atoms with Gasteiger partial charge in [-0.25, -0.2) is 20.0 Å². The van der Waals surface area contributed by atoms with Gasteiger partial charge in [0.25, 0.3) is 11.9 Å². The molecule has 9 heteroatoms. The summed E-state index contributed by atoms with van der Waals surface area (Å²) in [5.74, 6) is 1.72. The third-order valence-electron chi connectivity index (χ3n) is 7.02. The number of rotatable bonds is 0. The summed E-state index contributed by atoms with van der Waals surface area (Å²) in [5, 5.41) is 4.59. The largest absolute Gasteiger partial charge is 2.00 e. The average Bonchev–Trinajstić information content (AvgIpc) is 3.53. The number of allylic oxidation sites excluding steroid dienone is 7. The molecule has 5 rings (SSSR count). The Hall–Kier alpha value is -2.91. The molecule has 0 saturated carbocycles. The normalized spacial score (nSPS) is 20.8. The van der Waals surface area contributed by atoms with Crippen LogP contribution < -0.4 is 5.43 Å². The second-order valence-corrected chi connectivity index (χ2v) is 14.9. The third kappa shape index (κ3) is 6.02. The van der Waals surface area contributed by atoms with Crippen LogP contribution in [0.5, 0.6) is 0 Å². The van der Waals surface area contributed by atoms with E-state index < -0.39 is 0 Å². The number of hydrazone groups is 1. The van der Waals surface area contributed by atoms with Crippen molar-refractivity contribution in [2.75, 3.05) is 0 Å². The molecule has 5 aliphatic heterocycles. The number of nitrogens with zero attached hydrogens (tertiary/aromatic N) is 7. The fraction of sp³-hybridized carbons (Fsp3) is 0.500. The van der Waals surface area contributed by atoms with E-state index in [4.69, 9.17) is 25.0 Å². The maximum Gasteiger partial charge on any atom is 2.00 e. The summed E-state index contributed by atoms with van der Waals surface area (Å²) in [6, 6.07) is 0. The number of aliphatic imine (C=N–C) groups is 5. The van der Waals surface area contributed by atoms with E-state index in [-0.39, 0.29) is 47.7 Å². The van der Waals surface area contributed by atoms with E-state index in [0.717, 1.165) is 45.6 Å². The predicted molar refractivity (Wildman–Crippen MR) is 176 cm³/mol. The van der Waals surface area contributed by atoms with Gasteiger partial charge in [-0.2, -0.15) is 4.99 Å². The summed E-state index contributed by atoms with van der Waals surface area (Å²) < 4.78 is 0. The molecule has 8 nitrogen and oxygen atoms in total. The number of fused-ring (bicyclic) bond motifs is 5. The number of hydrogen-bond acceptors (Lipinski definition) is 8. The monoisotopic (exact) mass is 564 g/mol. The van der Waals surface area contributed by atoms with Crippen molar-refractivity contribution in [3.05, 3.63) is 58.7 Å². The fourth-order valence-corrected chi connectivity index (χ4v) is 5.26. The SMILES string of the molecule is CC(C)(C)C1=CC2=NC1=C(C(C)(C)C)C1=NC(=NC3=NNC(=CC4=NC(=C2)C=C4)N3C(C)(C)C)N=C1C(C)(C)C.[H-].[H-].[Mg+2]. The van der Waals surface area contributed by atoms with Gasteiger partial charge in [0, 0.05) is 22.6 Å². The molecule has 1 N–H and O–H groups in total. The van der Waals surface area contributed by atoms with Crippen molar-refractivity contribution in [3.63, 3.8) is 0 Å². The molecule has 5 aliphatic rings. The molecule has 0 atom stereocenters. The van der Waals surface area contributed by atoms with Crippen molar-refractivity contribution in [3.8, 4) is 0 Å². The van der Waals surface area contributed by atoms with Crippen LogP contribution in [0, 0.1) is 16.2 Å². The van der Waals surface area contributed by atoms with Gasteiger partial charge in [0.05, 0.1) is 34.2 Å². The van der Waals surface area contributed by atoms with Gasteiger partial charge in [0.2, 0.25) is 0 Å². The van der Waals surface area contributed by atoms with E-state index in [0.29, 0.717) is 11.9 Å². The molecule has 0 saturated heterocycles. The first kappa shape index (κ1) is 31.0. The minimum Gasteiger partial charge on any atom is -1.00 e. The van der Waals surface area contributed by atoms with Crippen LogP contribution in [-0.4, -0.2) is 68.3 Å². The van der Waals surface area contributed by atoms with Crippen LogP contribution in [0.3, 0.4) is 0 Å².